The topological polar surface area (TPSA) is 18.5 Å². The highest BCUT2D eigenvalue weighted by Gasteiger charge is 2.63. The number of fused-ring (bicyclic) bond motifs is 1. The SMILES string of the molecule is CC(C)(C)C1=C(c2ccccc2)[Si]([Si](C)(C)C)([Si](C)(C)C)OC2OC(c3ccccc3)=C([Si](C)(C)C)C2=P1. The summed E-state index contributed by atoms with van der Waals surface area (Å²) in [5, 5.41) is 5.99. The first-order valence-electron chi connectivity index (χ1n) is 13.9. The van der Waals surface area contributed by atoms with Crippen LogP contribution in [0.4, 0.5) is 0 Å². The zero-order chi connectivity index (χ0) is 28.3. The van der Waals surface area contributed by atoms with Crippen LogP contribution in [0, 0.1) is 5.41 Å². The third kappa shape index (κ3) is 5.13. The largest absolute Gasteiger partial charge is 0.461 e. The molecule has 2 aliphatic heterocycles. The highest BCUT2D eigenvalue weighted by molar-refractivity contribution is 7.72. The number of hydrogen-bond acceptors (Lipinski definition) is 2. The zero-order valence-electron chi connectivity index (χ0n) is 25.6. The Morgan fingerprint density at radius 1 is 0.711 bits per heavy atom. The molecule has 0 N–H and O–H groups in total. The van der Waals surface area contributed by atoms with Crippen molar-refractivity contribution in [2.45, 2.75) is 86.0 Å². The summed E-state index contributed by atoms with van der Waals surface area (Å²) >= 11 is 0. The highest BCUT2D eigenvalue weighted by Crippen LogP contribution is 2.55. The van der Waals surface area contributed by atoms with Crippen LogP contribution in [-0.4, -0.2) is 42.2 Å². The van der Waals surface area contributed by atoms with Crippen molar-refractivity contribution in [1.29, 1.82) is 0 Å². The average Bonchev–Trinajstić information content (AvgIpc) is 3.06. The fourth-order valence-electron chi connectivity index (χ4n) is 6.45. The Morgan fingerprint density at radius 2 is 1.18 bits per heavy atom. The van der Waals surface area contributed by atoms with E-state index in [1.165, 1.54) is 29.8 Å². The molecule has 0 bridgehead atoms. The van der Waals surface area contributed by atoms with Crippen LogP contribution in [0.3, 0.4) is 0 Å². The molecule has 0 aromatic heterocycles. The van der Waals surface area contributed by atoms with E-state index in [-0.39, 0.29) is 11.7 Å². The van der Waals surface area contributed by atoms with Gasteiger partial charge >= 0.3 is 0 Å². The van der Waals surface area contributed by atoms with Crippen LogP contribution in [0.15, 0.2) is 71.2 Å². The molecule has 0 spiro atoms. The molecule has 0 radical (unpaired) electrons. The number of benzene rings is 2. The fourth-order valence-corrected chi connectivity index (χ4v) is 54.2. The van der Waals surface area contributed by atoms with E-state index in [2.05, 4.69) is 140 Å². The van der Waals surface area contributed by atoms with Crippen LogP contribution in [0.1, 0.15) is 31.9 Å². The second-order valence-electron chi connectivity index (χ2n) is 14.9. The molecule has 0 saturated heterocycles. The Balaban J connectivity index is 2.18. The third-order valence-corrected chi connectivity index (χ3v) is 46.3. The quantitative estimate of drug-likeness (QED) is 0.253. The lowest BCUT2D eigenvalue weighted by atomic mass is 9.94. The summed E-state index contributed by atoms with van der Waals surface area (Å²) in [5.74, 6) is 1.07. The summed E-state index contributed by atoms with van der Waals surface area (Å²) in [7, 11) is -6.69. The van der Waals surface area contributed by atoms with Crippen molar-refractivity contribution in [1.82, 2.24) is 0 Å². The number of allylic oxidation sites excluding steroid dienone is 1. The average molecular weight is 595 g/mol. The standard InChI is InChI=1S/C31H47O2PSi4/c1-31(2,3)29-27(24-21-17-14-18-22-24)38(36(7,8)9,37(10,11)12)33-30-26(34-29)28(35(4,5)6)25(32-30)23-19-15-13-16-20-23/h13-22,30H,1-12H3. The first-order valence-corrected chi connectivity index (χ1v) is 29.2. The minimum absolute atomic E-state index is 0.00950. The Hall–Kier alpha value is -1.28. The summed E-state index contributed by atoms with van der Waals surface area (Å²) in [6.45, 7) is 30.1. The molecule has 38 heavy (non-hydrogen) atoms. The number of rotatable bonds is 5. The monoisotopic (exact) mass is 594 g/mol. The van der Waals surface area contributed by atoms with Crippen LogP contribution < -0.4 is 0 Å². The molecule has 0 fully saturated rings. The van der Waals surface area contributed by atoms with Crippen molar-refractivity contribution >= 4 is 55.1 Å². The van der Waals surface area contributed by atoms with Crippen LogP contribution in [0.5, 0.6) is 0 Å². The molecule has 2 nitrogen and oxygen atoms in total. The van der Waals surface area contributed by atoms with E-state index >= 15 is 0 Å². The third-order valence-electron chi connectivity index (χ3n) is 7.71. The van der Waals surface area contributed by atoms with Crippen LogP contribution >= 0.6 is 8.20 Å². The van der Waals surface area contributed by atoms with Crippen LogP contribution in [0.25, 0.3) is 11.0 Å². The Labute approximate surface area is 237 Å². The maximum atomic E-state index is 7.84. The van der Waals surface area contributed by atoms with Gasteiger partial charge in [0.1, 0.15) is 5.76 Å². The van der Waals surface area contributed by atoms with Gasteiger partial charge in [-0.3, -0.25) is 0 Å². The summed E-state index contributed by atoms with van der Waals surface area (Å²) in [5.41, 5.74) is 2.57. The van der Waals surface area contributed by atoms with Crippen molar-refractivity contribution in [2.24, 2.45) is 5.41 Å². The van der Waals surface area contributed by atoms with E-state index in [0.717, 1.165) is 5.76 Å². The van der Waals surface area contributed by atoms with Gasteiger partial charge in [0.15, 0.2) is 0 Å². The van der Waals surface area contributed by atoms with E-state index in [4.69, 9.17) is 9.16 Å². The van der Waals surface area contributed by atoms with Crippen LogP contribution in [0.2, 0.25) is 58.9 Å². The van der Waals surface area contributed by atoms with Crippen molar-refractivity contribution in [3.05, 3.63) is 82.3 Å². The van der Waals surface area contributed by atoms with E-state index in [1.807, 2.05) is 0 Å². The van der Waals surface area contributed by atoms with Gasteiger partial charge in [0, 0.05) is 10.9 Å². The normalized spacial score (nSPS) is 21.1. The maximum Gasteiger partial charge on any atom is 0.221 e. The fraction of sp³-hybridized carbons (Fsp3) is 0.452. The van der Waals surface area contributed by atoms with Crippen LogP contribution in [-0.2, 0) is 9.16 Å². The molecule has 0 saturated carbocycles. The minimum Gasteiger partial charge on any atom is -0.461 e. The van der Waals surface area contributed by atoms with Gasteiger partial charge in [-0.1, -0.05) is 149 Å². The molecule has 204 valence electrons. The van der Waals surface area contributed by atoms with Gasteiger partial charge in [0.25, 0.3) is 0 Å². The molecular weight excluding hydrogens is 548 g/mol. The summed E-state index contributed by atoms with van der Waals surface area (Å²) in [6, 6.07) is 22.0. The molecule has 1 unspecified atom stereocenters. The van der Waals surface area contributed by atoms with Gasteiger partial charge in [-0.2, -0.15) is 0 Å². The molecule has 2 aromatic carbocycles. The van der Waals surface area contributed by atoms with Gasteiger partial charge in [0.2, 0.25) is 13.6 Å². The molecule has 0 amide bonds. The van der Waals surface area contributed by atoms with Gasteiger partial charge in [0.05, 0.1) is 23.3 Å². The summed E-state index contributed by atoms with van der Waals surface area (Å²) in [4.78, 5) is 0. The predicted molar refractivity (Wildman–Crippen MR) is 180 cm³/mol. The van der Waals surface area contributed by atoms with Gasteiger partial charge in [-0.15, -0.1) is 0 Å². The van der Waals surface area contributed by atoms with Gasteiger partial charge in [-0.25, -0.2) is 0 Å². The molecule has 2 heterocycles. The Morgan fingerprint density at radius 3 is 1.61 bits per heavy atom. The first kappa shape index (κ1) is 29.7. The molecule has 7 heteroatoms. The smallest absolute Gasteiger partial charge is 0.221 e. The lowest BCUT2D eigenvalue weighted by Gasteiger charge is -2.52. The number of ether oxygens (including phenoxy) is 1. The number of hydrogen-bond donors (Lipinski definition) is 0. The minimum atomic E-state index is -2.49. The van der Waals surface area contributed by atoms with Crippen molar-refractivity contribution in [3.63, 3.8) is 0 Å². The highest BCUT2D eigenvalue weighted by atomic mass is 31.1. The van der Waals surface area contributed by atoms with Crippen molar-refractivity contribution in [2.75, 3.05) is 0 Å². The van der Waals surface area contributed by atoms with Crippen molar-refractivity contribution in [3.8, 4) is 0 Å². The van der Waals surface area contributed by atoms with Crippen molar-refractivity contribution < 1.29 is 9.16 Å². The first-order chi connectivity index (χ1) is 17.4. The molecule has 4 rings (SSSR count). The van der Waals surface area contributed by atoms with Gasteiger partial charge < -0.3 is 9.16 Å². The Bertz CT molecular complexity index is 1270. The lowest BCUT2D eigenvalue weighted by Crippen LogP contribution is -2.75. The van der Waals surface area contributed by atoms with E-state index in [9.17, 15) is 0 Å². The zero-order valence-corrected chi connectivity index (χ0v) is 30.5. The molecular formula is C31H47O2PSi4. The molecule has 0 aliphatic carbocycles. The van der Waals surface area contributed by atoms with E-state index < -0.39 is 30.6 Å². The van der Waals surface area contributed by atoms with E-state index in [1.54, 1.807) is 10.5 Å². The summed E-state index contributed by atoms with van der Waals surface area (Å²) in [6.07, 6.45) is -0.294. The molecule has 1 atom stereocenters. The second-order valence-corrected chi connectivity index (χ2v) is 46.9. The maximum absolute atomic E-state index is 7.84. The predicted octanol–water partition coefficient (Wildman–Crippen LogP) is 9.56. The van der Waals surface area contributed by atoms with E-state index in [0.29, 0.717) is 0 Å². The summed E-state index contributed by atoms with van der Waals surface area (Å²) < 4.78 is 14.9. The van der Waals surface area contributed by atoms with Gasteiger partial charge in [-0.05, 0) is 26.7 Å². The Kier molecular flexibility index (Phi) is 7.79. The second kappa shape index (κ2) is 9.97. The molecule has 2 aromatic rings. The lowest BCUT2D eigenvalue weighted by molar-refractivity contribution is 0.0503. The molecule has 2 aliphatic rings.